The second-order valence-corrected chi connectivity index (χ2v) is 9.55. The van der Waals surface area contributed by atoms with Gasteiger partial charge in [-0.2, -0.15) is 19.6 Å². The smallest absolute Gasteiger partial charge is 0.336 e. The average Bonchev–Trinajstić information content (AvgIpc) is 3.66. The maximum Gasteiger partial charge on any atom is 0.336 e. The van der Waals surface area contributed by atoms with Gasteiger partial charge < -0.3 is 13.9 Å². The maximum atomic E-state index is 12.1. The summed E-state index contributed by atoms with van der Waals surface area (Å²) in [5.74, 6) is 1.15. The summed E-state index contributed by atoms with van der Waals surface area (Å²) in [4.78, 5) is 20.2. The Balaban J connectivity index is 1.17. The monoisotopic (exact) mass is 536 g/mol. The number of hydrogen-bond acceptors (Lipinski definition) is 6. The minimum absolute atomic E-state index is 0.352. The first-order valence-electron chi connectivity index (χ1n) is 12.8. The highest BCUT2D eigenvalue weighted by atomic mass is 16.5. The van der Waals surface area contributed by atoms with Gasteiger partial charge in [-0.05, 0) is 44.7 Å². The molecular formula is C30H28N6O4+2. The molecule has 0 saturated carbocycles. The Morgan fingerprint density at radius 1 is 0.750 bits per heavy atom. The van der Waals surface area contributed by atoms with E-state index in [0.717, 1.165) is 33.2 Å². The molecule has 0 aliphatic rings. The summed E-state index contributed by atoms with van der Waals surface area (Å²) in [6, 6.07) is 21.4. The van der Waals surface area contributed by atoms with Crippen molar-refractivity contribution in [1.82, 2.24) is 20.2 Å². The summed E-state index contributed by atoms with van der Waals surface area (Å²) < 4.78 is 21.7. The molecule has 2 N–H and O–H groups in total. The van der Waals surface area contributed by atoms with Gasteiger partial charge in [0.2, 0.25) is 12.7 Å². The molecule has 3 aromatic carbocycles. The topological polar surface area (TPSA) is 114 Å². The largest absolute Gasteiger partial charge is 0.489 e. The number of ether oxygens (including phenoxy) is 2. The molecule has 0 unspecified atom stereocenters. The van der Waals surface area contributed by atoms with Crippen molar-refractivity contribution in [3.63, 3.8) is 0 Å². The number of nitrogens with zero attached hydrogens (tertiary/aromatic N) is 4. The third kappa shape index (κ3) is 5.91. The predicted molar refractivity (Wildman–Crippen MR) is 145 cm³/mol. The first-order valence-corrected chi connectivity index (χ1v) is 12.8. The van der Waals surface area contributed by atoms with E-state index >= 15 is 0 Å². The molecule has 0 amide bonds. The fourth-order valence-corrected chi connectivity index (χ4v) is 4.50. The second-order valence-electron chi connectivity index (χ2n) is 9.55. The molecule has 0 aliphatic heterocycles. The van der Waals surface area contributed by atoms with Gasteiger partial charge in [-0.15, -0.1) is 0 Å². The summed E-state index contributed by atoms with van der Waals surface area (Å²) in [5, 5.41) is 6.83. The Kier molecular flexibility index (Phi) is 7.04. The van der Waals surface area contributed by atoms with E-state index < -0.39 is 5.63 Å². The molecule has 10 nitrogen and oxygen atoms in total. The Labute approximate surface area is 229 Å². The molecule has 200 valence electrons. The Morgan fingerprint density at radius 2 is 1.30 bits per heavy atom. The second kappa shape index (κ2) is 11.2. The molecule has 0 atom stereocenters. The standard InChI is InChI=1S/C30H26N6O4/c1-21-10-29(37)40-28-12-26(38-15-24-6-2-22(3-7-24)13-35-19-31-17-33-35)11-27(30(21)28)39-16-25-8-4-23(5-9-25)14-36-20-32-18-34-36/h2-12,17-20H,13-16H2,1H3/p+2. The summed E-state index contributed by atoms with van der Waals surface area (Å²) in [6.07, 6.45) is 6.78. The van der Waals surface area contributed by atoms with Crippen LogP contribution < -0.4 is 24.5 Å². The van der Waals surface area contributed by atoms with Crippen LogP contribution in [0.2, 0.25) is 0 Å². The van der Waals surface area contributed by atoms with Crippen molar-refractivity contribution in [3.05, 3.63) is 130 Å². The first-order chi connectivity index (χ1) is 19.6. The molecule has 0 aliphatic carbocycles. The number of hydrogen-bond donors (Lipinski definition) is 2. The van der Waals surface area contributed by atoms with Crippen molar-refractivity contribution in [2.24, 2.45) is 0 Å². The zero-order valence-electron chi connectivity index (χ0n) is 21.9. The van der Waals surface area contributed by atoms with Crippen molar-refractivity contribution < 1.29 is 23.3 Å². The Hall–Kier alpha value is -5.25. The summed E-state index contributed by atoms with van der Waals surface area (Å²) in [5.41, 5.74) is 5.11. The van der Waals surface area contributed by atoms with E-state index in [2.05, 4.69) is 44.4 Å². The van der Waals surface area contributed by atoms with Crippen molar-refractivity contribution in [2.75, 3.05) is 0 Å². The SMILES string of the molecule is Cc1cc(=O)oc2cc(OCc3ccc(C[n+]4cnc[nH]4)cc3)cc(OCc3ccc(C[n+]4cnc[nH]4)cc3)c12. The van der Waals surface area contributed by atoms with E-state index in [-0.39, 0.29) is 0 Å². The molecule has 6 aromatic rings. The number of nitrogens with one attached hydrogen (secondary N) is 2. The van der Waals surface area contributed by atoms with Gasteiger partial charge in [0, 0.05) is 18.2 Å². The number of fused-ring (bicyclic) bond motifs is 1. The Bertz CT molecular complexity index is 1760. The number of aromatic amines is 2. The molecule has 0 fully saturated rings. The molecule has 0 radical (unpaired) electrons. The summed E-state index contributed by atoms with van der Waals surface area (Å²) in [6.45, 7) is 3.99. The van der Waals surface area contributed by atoms with Crippen LogP contribution in [0.5, 0.6) is 11.5 Å². The molecule has 40 heavy (non-hydrogen) atoms. The zero-order chi connectivity index (χ0) is 27.3. The highest BCUT2D eigenvalue weighted by Gasteiger charge is 2.13. The lowest BCUT2D eigenvalue weighted by molar-refractivity contribution is -0.743. The van der Waals surface area contributed by atoms with E-state index in [4.69, 9.17) is 13.9 Å². The fraction of sp³-hybridized carbons (Fsp3) is 0.167. The highest BCUT2D eigenvalue weighted by Crippen LogP contribution is 2.34. The normalized spacial score (nSPS) is 11.1. The van der Waals surface area contributed by atoms with Crippen LogP contribution >= 0.6 is 0 Å². The lowest BCUT2D eigenvalue weighted by Gasteiger charge is -2.14. The van der Waals surface area contributed by atoms with Gasteiger partial charge in [0.15, 0.2) is 0 Å². The van der Waals surface area contributed by atoms with Crippen LogP contribution in [0.15, 0.2) is 101 Å². The lowest BCUT2D eigenvalue weighted by atomic mass is 10.1. The number of rotatable bonds is 10. The van der Waals surface area contributed by atoms with E-state index in [9.17, 15) is 4.79 Å². The van der Waals surface area contributed by atoms with Crippen molar-refractivity contribution in [1.29, 1.82) is 0 Å². The van der Waals surface area contributed by atoms with Crippen molar-refractivity contribution in [2.45, 2.75) is 33.2 Å². The molecule has 0 bridgehead atoms. The van der Waals surface area contributed by atoms with Crippen LogP contribution in [-0.2, 0) is 26.3 Å². The number of H-pyrrole nitrogens is 2. The Morgan fingerprint density at radius 3 is 1.85 bits per heavy atom. The summed E-state index contributed by atoms with van der Waals surface area (Å²) in [7, 11) is 0. The summed E-state index contributed by atoms with van der Waals surface area (Å²) >= 11 is 0. The molecule has 10 heteroatoms. The number of aryl methyl sites for hydroxylation is 1. The van der Waals surface area contributed by atoms with Crippen LogP contribution in [0.4, 0.5) is 0 Å². The van der Waals surface area contributed by atoms with E-state index in [1.807, 2.05) is 46.6 Å². The number of aromatic nitrogens is 6. The van der Waals surface area contributed by atoms with Crippen LogP contribution in [-0.4, -0.2) is 20.2 Å². The van der Waals surface area contributed by atoms with Gasteiger partial charge in [-0.3, -0.25) is 0 Å². The minimum Gasteiger partial charge on any atom is -0.489 e. The average molecular weight is 537 g/mol. The van der Waals surface area contributed by atoms with Crippen molar-refractivity contribution in [3.8, 4) is 11.5 Å². The quantitative estimate of drug-likeness (QED) is 0.205. The van der Waals surface area contributed by atoms with Crippen molar-refractivity contribution >= 4 is 11.0 Å². The van der Waals surface area contributed by atoms with Crippen LogP contribution in [0.1, 0.15) is 27.8 Å². The molecule has 0 spiro atoms. The molecule has 6 rings (SSSR count). The first kappa shape index (κ1) is 25.1. The van der Waals surface area contributed by atoms with Gasteiger partial charge in [-0.1, -0.05) is 48.5 Å². The van der Waals surface area contributed by atoms with Gasteiger partial charge in [0.25, 0.3) is 0 Å². The molecule has 0 saturated heterocycles. The zero-order valence-corrected chi connectivity index (χ0v) is 21.9. The molecular weight excluding hydrogens is 508 g/mol. The third-order valence-corrected chi connectivity index (χ3v) is 6.54. The van der Waals surface area contributed by atoms with Gasteiger partial charge >= 0.3 is 18.3 Å². The van der Waals surface area contributed by atoms with E-state index in [1.54, 1.807) is 31.4 Å². The van der Waals surface area contributed by atoms with Gasteiger partial charge in [0.05, 0.1) is 5.39 Å². The fourth-order valence-electron chi connectivity index (χ4n) is 4.50. The van der Waals surface area contributed by atoms with E-state index in [1.165, 1.54) is 6.07 Å². The van der Waals surface area contributed by atoms with Crippen LogP contribution in [0, 0.1) is 6.92 Å². The molecule has 3 heterocycles. The predicted octanol–water partition coefficient (Wildman–Crippen LogP) is 3.38. The highest BCUT2D eigenvalue weighted by molar-refractivity contribution is 5.88. The van der Waals surface area contributed by atoms with Crippen LogP contribution in [0.3, 0.4) is 0 Å². The lowest BCUT2D eigenvalue weighted by Crippen LogP contribution is -2.35. The van der Waals surface area contributed by atoms with Gasteiger partial charge in [-0.25, -0.2) is 4.79 Å². The molecule has 3 aromatic heterocycles. The van der Waals surface area contributed by atoms with Gasteiger partial charge in [0.1, 0.15) is 43.4 Å². The van der Waals surface area contributed by atoms with Crippen LogP contribution in [0.25, 0.3) is 11.0 Å². The van der Waals surface area contributed by atoms with E-state index in [0.29, 0.717) is 43.4 Å². The maximum absolute atomic E-state index is 12.1. The number of benzene rings is 3. The third-order valence-electron chi connectivity index (χ3n) is 6.54. The minimum atomic E-state index is -0.412.